The summed E-state index contributed by atoms with van der Waals surface area (Å²) in [5.74, 6) is -1.81. The topological polar surface area (TPSA) is 115 Å². The molecule has 4 rings (SSSR count). The normalized spacial score (nSPS) is 11.3. The molecule has 0 aliphatic heterocycles. The largest absolute Gasteiger partial charge is 0.495 e. The van der Waals surface area contributed by atoms with Crippen molar-refractivity contribution in [3.8, 4) is 16.9 Å². The molecule has 0 bridgehead atoms. The van der Waals surface area contributed by atoms with Crippen molar-refractivity contribution in [2.24, 2.45) is 0 Å². The number of hydrogen-bond donors (Lipinski definition) is 1. The van der Waals surface area contributed by atoms with E-state index in [2.05, 4.69) is 19.4 Å². The maximum absolute atomic E-state index is 15.3. The lowest BCUT2D eigenvalue weighted by atomic mass is 10.0. The van der Waals surface area contributed by atoms with Crippen LogP contribution < -0.4 is 14.4 Å². The highest BCUT2D eigenvalue weighted by Gasteiger charge is 2.25. The van der Waals surface area contributed by atoms with Gasteiger partial charge in [0, 0.05) is 35.3 Å². The molecule has 0 aliphatic carbocycles. The molecular formula is C24H19ClF2N4O5S. The highest BCUT2D eigenvalue weighted by Crippen LogP contribution is 2.39. The van der Waals surface area contributed by atoms with E-state index in [4.69, 9.17) is 16.3 Å². The zero-order valence-corrected chi connectivity index (χ0v) is 21.0. The molecule has 0 saturated heterocycles. The molecule has 2 heterocycles. The summed E-state index contributed by atoms with van der Waals surface area (Å²) in [6.07, 6.45) is 2.26. The molecular weight excluding hydrogens is 530 g/mol. The van der Waals surface area contributed by atoms with Crippen LogP contribution in [0.3, 0.4) is 0 Å². The molecule has 0 aliphatic rings. The van der Waals surface area contributed by atoms with Gasteiger partial charge in [0.1, 0.15) is 34.4 Å². The number of amides is 1. The summed E-state index contributed by atoms with van der Waals surface area (Å²) < 4.78 is 66.6. The van der Waals surface area contributed by atoms with Gasteiger partial charge in [0.05, 0.1) is 12.8 Å². The fraction of sp³-hybridized carbons (Fsp3) is 0.125. The number of halogens is 3. The van der Waals surface area contributed by atoms with Gasteiger partial charge >= 0.3 is 0 Å². The first-order valence-electron chi connectivity index (χ1n) is 10.7. The van der Waals surface area contributed by atoms with Crippen molar-refractivity contribution in [3.63, 3.8) is 0 Å². The number of rotatable bonds is 8. The first kappa shape index (κ1) is 26.0. The molecule has 192 valence electrons. The van der Waals surface area contributed by atoms with E-state index < -0.39 is 27.6 Å². The Morgan fingerprint density at radius 3 is 2.54 bits per heavy atom. The summed E-state index contributed by atoms with van der Waals surface area (Å²) in [6.45, 7) is 1.60. The molecule has 2 aromatic heterocycles. The lowest BCUT2D eigenvalue weighted by Crippen LogP contribution is -2.26. The molecule has 0 radical (unpaired) electrons. The van der Waals surface area contributed by atoms with Crippen LogP contribution in [0.25, 0.3) is 11.1 Å². The Hall–Kier alpha value is -4.03. The van der Waals surface area contributed by atoms with Gasteiger partial charge in [-0.15, -0.1) is 0 Å². The van der Waals surface area contributed by atoms with Crippen molar-refractivity contribution in [1.82, 2.24) is 10.1 Å². The van der Waals surface area contributed by atoms with Gasteiger partial charge in [0.15, 0.2) is 5.82 Å². The second-order valence-corrected chi connectivity index (χ2v) is 9.71. The Bertz CT molecular complexity index is 1530. The van der Waals surface area contributed by atoms with Crippen LogP contribution in [0.15, 0.2) is 70.4 Å². The number of nitrogens with one attached hydrogen (secondary N) is 1. The molecule has 0 atom stereocenters. The highest BCUT2D eigenvalue weighted by atomic mass is 35.5. The Kier molecular flexibility index (Phi) is 7.41. The second-order valence-electron chi connectivity index (χ2n) is 7.59. The van der Waals surface area contributed by atoms with Crippen LogP contribution in [0.5, 0.6) is 5.75 Å². The summed E-state index contributed by atoms with van der Waals surface area (Å²) >= 11 is 5.92. The minimum atomic E-state index is -4.04. The van der Waals surface area contributed by atoms with E-state index in [-0.39, 0.29) is 50.5 Å². The van der Waals surface area contributed by atoms with Crippen molar-refractivity contribution in [2.75, 3.05) is 16.7 Å². The summed E-state index contributed by atoms with van der Waals surface area (Å²) in [7, 11) is -2.72. The third kappa shape index (κ3) is 5.54. The lowest BCUT2D eigenvalue weighted by molar-refractivity contribution is -0.117. The molecule has 4 aromatic rings. The van der Waals surface area contributed by atoms with Gasteiger partial charge < -0.3 is 9.26 Å². The van der Waals surface area contributed by atoms with Crippen LogP contribution in [0, 0.1) is 11.6 Å². The van der Waals surface area contributed by atoms with Crippen molar-refractivity contribution in [1.29, 1.82) is 0 Å². The minimum Gasteiger partial charge on any atom is -0.495 e. The summed E-state index contributed by atoms with van der Waals surface area (Å²) in [5, 5.41) is 3.58. The molecule has 0 saturated carbocycles. The predicted octanol–water partition coefficient (Wildman–Crippen LogP) is 5.55. The van der Waals surface area contributed by atoms with Gasteiger partial charge in [-0.2, -0.15) is 0 Å². The molecule has 1 N–H and O–H groups in total. The number of ether oxygens (including phenoxy) is 1. The number of sulfonamides is 1. The van der Waals surface area contributed by atoms with E-state index in [1.165, 1.54) is 43.7 Å². The third-order valence-corrected chi connectivity index (χ3v) is 6.73. The van der Waals surface area contributed by atoms with Gasteiger partial charge in [-0.05, 0) is 42.0 Å². The molecule has 37 heavy (non-hydrogen) atoms. The molecule has 0 unspecified atom stereocenters. The fourth-order valence-electron chi connectivity index (χ4n) is 3.48. The van der Waals surface area contributed by atoms with Crippen molar-refractivity contribution >= 4 is 44.9 Å². The average Bonchev–Trinajstić information content (AvgIpc) is 3.36. The first-order chi connectivity index (χ1) is 17.6. The smallest absolute Gasteiger partial charge is 0.264 e. The van der Waals surface area contributed by atoms with Crippen LogP contribution in [0.1, 0.15) is 13.3 Å². The van der Waals surface area contributed by atoms with Crippen molar-refractivity contribution in [2.45, 2.75) is 18.2 Å². The van der Waals surface area contributed by atoms with Crippen LogP contribution in [-0.2, 0) is 14.8 Å². The maximum atomic E-state index is 15.3. The quantitative estimate of drug-likeness (QED) is 0.307. The Labute approximate surface area is 215 Å². The number of aromatic nitrogens is 2. The number of hydrogen-bond acceptors (Lipinski definition) is 7. The molecule has 1 amide bonds. The number of carbonyl (C=O) groups is 1. The number of methoxy groups -OCH3 is 1. The van der Waals surface area contributed by atoms with Crippen LogP contribution in [-0.4, -0.2) is 31.6 Å². The van der Waals surface area contributed by atoms with Gasteiger partial charge in [-0.1, -0.05) is 23.7 Å². The Morgan fingerprint density at radius 1 is 1.16 bits per heavy atom. The number of anilines is 3. The summed E-state index contributed by atoms with van der Waals surface area (Å²) in [6, 6.07) is 9.81. The van der Waals surface area contributed by atoms with E-state index in [1.807, 2.05) is 0 Å². The second kappa shape index (κ2) is 10.5. The zero-order valence-electron chi connectivity index (χ0n) is 19.4. The molecule has 0 fully saturated rings. The van der Waals surface area contributed by atoms with Crippen LogP contribution >= 0.6 is 11.6 Å². The minimum absolute atomic E-state index is 0.000714. The van der Waals surface area contributed by atoms with Crippen LogP contribution in [0.2, 0.25) is 5.02 Å². The van der Waals surface area contributed by atoms with Gasteiger partial charge in [-0.25, -0.2) is 22.2 Å². The van der Waals surface area contributed by atoms with Crippen LogP contribution in [0.4, 0.5) is 26.1 Å². The van der Waals surface area contributed by atoms with E-state index >= 15 is 4.39 Å². The number of carbonyl (C=O) groups excluding carboxylic acids is 1. The fourth-order valence-corrected chi connectivity index (χ4v) is 4.64. The lowest BCUT2D eigenvalue weighted by Gasteiger charge is -2.24. The van der Waals surface area contributed by atoms with E-state index in [0.29, 0.717) is 0 Å². The highest BCUT2D eigenvalue weighted by molar-refractivity contribution is 7.92. The number of benzene rings is 2. The van der Waals surface area contributed by atoms with Crippen molar-refractivity contribution in [3.05, 3.63) is 77.6 Å². The van der Waals surface area contributed by atoms with E-state index in [9.17, 15) is 17.6 Å². The average molecular weight is 549 g/mol. The van der Waals surface area contributed by atoms with E-state index in [0.717, 1.165) is 29.3 Å². The summed E-state index contributed by atoms with van der Waals surface area (Å²) in [5.41, 5.74) is 0.189. The number of pyridine rings is 1. The molecule has 9 nitrogen and oxygen atoms in total. The van der Waals surface area contributed by atoms with Gasteiger partial charge in [-0.3, -0.25) is 14.4 Å². The van der Waals surface area contributed by atoms with Crippen molar-refractivity contribution < 1.29 is 31.3 Å². The Balaban J connectivity index is 1.75. The third-order valence-electron chi connectivity index (χ3n) is 5.17. The molecule has 2 aromatic carbocycles. The molecule has 0 spiro atoms. The molecule has 13 heteroatoms. The summed E-state index contributed by atoms with van der Waals surface area (Å²) in [4.78, 5) is 17.9. The van der Waals surface area contributed by atoms with Gasteiger partial charge in [0.2, 0.25) is 5.91 Å². The standard InChI is InChI=1S/C24H19ClF2N4O5S/c1-3-24(32)31(23-5-4-17(13-28-23)37(33,34)30-22-6-7-36-29-22)20-12-19(27)18(11-21(20)35-2)14-8-15(25)10-16(26)9-14/h4-13H,3H2,1-2H3,(H,29,30). The van der Waals surface area contributed by atoms with E-state index in [1.54, 1.807) is 6.92 Å². The van der Waals surface area contributed by atoms with Gasteiger partial charge in [0.25, 0.3) is 10.0 Å². The number of nitrogens with zero attached hydrogens (tertiary/aromatic N) is 3. The predicted molar refractivity (Wildman–Crippen MR) is 132 cm³/mol. The Morgan fingerprint density at radius 2 is 1.95 bits per heavy atom. The SMILES string of the molecule is CCC(=O)N(c1ccc(S(=O)(=O)Nc2ccon2)cn1)c1cc(F)c(-c2cc(F)cc(Cl)c2)cc1OC. The maximum Gasteiger partial charge on any atom is 0.264 e. The first-order valence-corrected chi connectivity index (χ1v) is 12.5. The zero-order chi connectivity index (χ0) is 26.7. The monoisotopic (exact) mass is 548 g/mol.